The molecule has 2 aromatic carbocycles. The molecule has 0 aromatic heterocycles. The van der Waals surface area contributed by atoms with E-state index in [1.165, 1.54) is 3.57 Å². The smallest absolute Gasteiger partial charge is 0.254 e. The molecule has 1 amide bonds. The Bertz CT molecular complexity index is 637. The molecule has 3 nitrogen and oxygen atoms in total. The van der Waals surface area contributed by atoms with Crippen LogP contribution in [0, 0.1) is 3.57 Å². The van der Waals surface area contributed by atoms with Gasteiger partial charge in [-0.1, -0.05) is 18.2 Å². The van der Waals surface area contributed by atoms with E-state index in [1.54, 1.807) is 6.07 Å². The number of nitrogens with two attached hydrogens (primary N) is 1. The Morgan fingerprint density at radius 3 is 2.63 bits per heavy atom. The topological polar surface area (TPSA) is 46.3 Å². The predicted molar refractivity (Wildman–Crippen MR) is 83.6 cm³/mol. The molecular weight excluding hydrogens is 351 g/mol. The Balaban J connectivity index is 1.82. The number of anilines is 1. The molecule has 19 heavy (non-hydrogen) atoms. The highest BCUT2D eigenvalue weighted by Crippen LogP contribution is 2.26. The van der Waals surface area contributed by atoms with Crippen LogP contribution in [0.4, 0.5) is 5.69 Å². The van der Waals surface area contributed by atoms with Crippen molar-refractivity contribution in [3.63, 3.8) is 0 Å². The van der Waals surface area contributed by atoms with Crippen LogP contribution in [0.3, 0.4) is 0 Å². The molecule has 0 aliphatic carbocycles. The van der Waals surface area contributed by atoms with Crippen molar-refractivity contribution in [2.75, 3.05) is 5.73 Å². The Kier molecular flexibility index (Phi) is 3.18. The van der Waals surface area contributed by atoms with Gasteiger partial charge < -0.3 is 10.6 Å². The third-order valence-electron chi connectivity index (χ3n) is 3.30. The second kappa shape index (κ2) is 4.85. The second-order valence-electron chi connectivity index (χ2n) is 4.70. The monoisotopic (exact) mass is 364 g/mol. The van der Waals surface area contributed by atoms with E-state index in [9.17, 15) is 4.79 Å². The molecule has 0 bridgehead atoms. The molecule has 0 saturated heterocycles. The van der Waals surface area contributed by atoms with Crippen LogP contribution < -0.4 is 5.73 Å². The van der Waals surface area contributed by atoms with E-state index in [0.29, 0.717) is 18.8 Å². The highest BCUT2D eigenvalue weighted by molar-refractivity contribution is 14.1. The minimum Gasteiger partial charge on any atom is -0.399 e. The number of nitrogens with zero attached hydrogens (tertiary/aromatic N) is 1. The van der Waals surface area contributed by atoms with Crippen molar-refractivity contribution in [2.45, 2.75) is 13.1 Å². The molecule has 0 spiro atoms. The van der Waals surface area contributed by atoms with Gasteiger partial charge in [0.2, 0.25) is 0 Å². The van der Waals surface area contributed by atoms with E-state index < -0.39 is 0 Å². The van der Waals surface area contributed by atoms with E-state index in [-0.39, 0.29) is 5.91 Å². The van der Waals surface area contributed by atoms with Crippen molar-refractivity contribution in [2.24, 2.45) is 0 Å². The van der Waals surface area contributed by atoms with E-state index in [1.807, 2.05) is 17.0 Å². The molecule has 1 aliphatic heterocycles. The van der Waals surface area contributed by atoms with Crippen molar-refractivity contribution in [3.8, 4) is 0 Å². The Labute approximate surface area is 125 Å². The lowest BCUT2D eigenvalue weighted by Crippen LogP contribution is -2.23. The minimum atomic E-state index is 0.0702. The molecule has 4 heteroatoms. The number of carbonyl (C=O) groups excluding carboxylic acids is 1. The number of hydrogen-bond acceptors (Lipinski definition) is 2. The molecule has 0 radical (unpaired) electrons. The summed E-state index contributed by atoms with van der Waals surface area (Å²) in [5.74, 6) is 0.0702. The SMILES string of the molecule is Nc1ccc2c(c1)C(=O)N(Cc1ccc(I)cc1)C2. The Morgan fingerprint density at radius 1 is 1.16 bits per heavy atom. The maximum atomic E-state index is 12.3. The summed E-state index contributed by atoms with van der Waals surface area (Å²) >= 11 is 2.27. The highest BCUT2D eigenvalue weighted by Gasteiger charge is 2.27. The molecular formula is C15H13IN2O. The van der Waals surface area contributed by atoms with Crippen LogP contribution in [-0.4, -0.2) is 10.8 Å². The third-order valence-corrected chi connectivity index (χ3v) is 4.02. The van der Waals surface area contributed by atoms with Gasteiger partial charge in [-0.05, 0) is 58.0 Å². The lowest BCUT2D eigenvalue weighted by Gasteiger charge is -2.15. The molecule has 1 heterocycles. The van der Waals surface area contributed by atoms with Gasteiger partial charge in [0.1, 0.15) is 0 Å². The zero-order valence-electron chi connectivity index (χ0n) is 10.3. The van der Waals surface area contributed by atoms with Gasteiger partial charge in [0.05, 0.1) is 0 Å². The summed E-state index contributed by atoms with van der Waals surface area (Å²) in [6, 6.07) is 13.8. The number of hydrogen-bond donors (Lipinski definition) is 1. The maximum absolute atomic E-state index is 12.3. The van der Waals surface area contributed by atoms with E-state index in [4.69, 9.17) is 5.73 Å². The zero-order valence-corrected chi connectivity index (χ0v) is 12.4. The van der Waals surface area contributed by atoms with Crippen LogP contribution in [0.2, 0.25) is 0 Å². The standard InChI is InChI=1S/C15H13IN2O/c16-12-4-1-10(2-5-12)8-18-9-11-3-6-13(17)7-14(11)15(18)19/h1-7H,8-9,17H2. The first-order chi connectivity index (χ1) is 9.13. The average molecular weight is 364 g/mol. The molecule has 1 aliphatic rings. The number of rotatable bonds is 2. The lowest BCUT2D eigenvalue weighted by atomic mass is 10.1. The summed E-state index contributed by atoms with van der Waals surface area (Å²) in [4.78, 5) is 14.1. The van der Waals surface area contributed by atoms with Crippen LogP contribution in [0.1, 0.15) is 21.5 Å². The zero-order chi connectivity index (χ0) is 13.4. The number of carbonyl (C=O) groups is 1. The van der Waals surface area contributed by atoms with Crippen LogP contribution in [-0.2, 0) is 13.1 Å². The molecule has 0 fully saturated rings. The van der Waals surface area contributed by atoms with Crippen molar-refractivity contribution < 1.29 is 4.79 Å². The predicted octanol–water partition coefficient (Wildman–Crippen LogP) is 3.03. The van der Waals surface area contributed by atoms with Gasteiger partial charge in [-0.25, -0.2) is 0 Å². The van der Waals surface area contributed by atoms with Gasteiger partial charge in [0.25, 0.3) is 5.91 Å². The van der Waals surface area contributed by atoms with Gasteiger partial charge in [0.15, 0.2) is 0 Å². The number of benzene rings is 2. The Morgan fingerprint density at radius 2 is 1.89 bits per heavy atom. The van der Waals surface area contributed by atoms with E-state index >= 15 is 0 Å². The molecule has 3 rings (SSSR count). The second-order valence-corrected chi connectivity index (χ2v) is 5.95. The minimum absolute atomic E-state index is 0.0702. The van der Waals surface area contributed by atoms with Crippen LogP contribution in [0.15, 0.2) is 42.5 Å². The normalized spacial score (nSPS) is 13.7. The van der Waals surface area contributed by atoms with Crippen molar-refractivity contribution in [1.29, 1.82) is 0 Å². The third kappa shape index (κ3) is 2.45. The molecule has 96 valence electrons. The lowest BCUT2D eigenvalue weighted by molar-refractivity contribution is 0.0766. The maximum Gasteiger partial charge on any atom is 0.254 e. The fraction of sp³-hybridized carbons (Fsp3) is 0.133. The molecule has 0 unspecified atom stereocenters. The van der Waals surface area contributed by atoms with Gasteiger partial charge in [-0.15, -0.1) is 0 Å². The molecule has 0 saturated carbocycles. The summed E-state index contributed by atoms with van der Waals surface area (Å²) in [6.45, 7) is 1.31. The highest BCUT2D eigenvalue weighted by atomic mass is 127. The van der Waals surface area contributed by atoms with E-state index in [0.717, 1.165) is 16.7 Å². The summed E-state index contributed by atoms with van der Waals surface area (Å²) in [5, 5.41) is 0. The van der Waals surface area contributed by atoms with Crippen LogP contribution >= 0.6 is 22.6 Å². The average Bonchev–Trinajstić information content (AvgIpc) is 2.70. The van der Waals surface area contributed by atoms with Gasteiger partial charge in [0, 0.05) is 27.9 Å². The number of amides is 1. The summed E-state index contributed by atoms with van der Waals surface area (Å²) in [7, 11) is 0. The summed E-state index contributed by atoms with van der Waals surface area (Å²) in [5.41, 5.74) is 9.33. The Hall–Kier alpha value is -1.56. The first-order valence-corrected chi connectivity index (χ1v) is 7.13. The van der Waals surface area contributed by atoms with Crippen LogP contribution in [0.5, 0.6) is 0 Å². The fourth-order valence-corrected chi connectivity index (χ4v) is 2.68. The van der Waals surface area contributed by atoms with Gasteiger partial charge in [-0.2, -0.15) is 0 Å². The number of halogens is 1. The van der Waals surface area contributed by atoms with Crippen molar-refractivity contribution in [1.82, 2.24) is 4.90 Å². The molecule has 2 N–H and O–H groups in total. The summed E-state index contributed by atoms with van der Waals surface area (Å²) in [6.07, 6.45) is 0. The van der Waals surface area contributed by atoms with E-state index in [2.05, 4.69) is 46.9 Å². The fourth-order valence-electron chi connectivity index (χ4n) is 2.32. The van der Waals surface area contributed by atoms with Gasteiger partial charge in [-0.3, -0.25) is 4.79 Å². The van der Waals surface area contributed by atoms with Crippen molar-refractivity contribution in [3.05, 3.63) is 62.7 Å². The first-order valence-electron chi connectivity index (χ1n) is 6.05. The number of nitrogen functional groups attached to an aromatic ring is 1. The summed E-state index contributed by atoms with van der Waals surface area (Å²) < 4.78 is 1.20. The molecule has 2 aromatic rings. The van der Waals surface area contributed by atoms with Gasteiger partial charge >= 0.3 is 0 Å². The largest absolute Gasteiger partial charge is 0.399 e. The van der Waals surface area contributed by atoms with Crippen molar-refractivity contribution >= 4 is 34.2 Å². The first kappa shape index (κ1) is 12.5. The molecule has 0 atom stereocenters. The number of fused-ring (bicyclic) bond motifs is 1. The van der Waals surface area contributed by atoms with Crippen LogP contribution in [0.25, 0.3) is 0 Å². The quantitative estimate of drug-likeness (QED) is 0.658.